The topological polar surface area (TPSA) is 62.8 Å². The van der Waals surface area contributed by atoms with Gasteiger partial charge in [-0.05, 0) is 115 Å². The Morgan fingerprint density at radius 1 is 0.656 bits per heavy atom. The van der Waals surface area contributed by atoms with E-state index in [1.807, 2.05) is 72.8 Å². The third kappa shape index (κ3) is 7.99. The normalized spacial score (nSPS) is 20.9. The Balaban J connectivity index is 0.000000185. The fraction of sp³-hybridized carbons (Fsp3) is 0.273. The van der Waals surface area contributed by atoms with E-state index in [1.54, 1.807) is 0 Å². The molecule has 8 rings (SSSR count). The van der Waals surface area contributed by atoms with Crippen molar-refractivity contribution in [2.75, 3.05) is 23.4 Å². The minimum absolute atomic E-state index is 0.0107. The number of anilines is 2. The molecule has 2 aliphatic carbocycles. The quantitative estimate of drug-likeness (QED) is 0.0961. The lowest BCUT2D eigenvalue weighted by molar-refractivity contribution is 0.463. The maximum atomic E-state index is 9.57. The number of hydrogen-bond acceptors (Lipinski definition) is 4. The van der Waals surface area contributed by atoms with Crippen molar-refractivity contribution in [3.05, 3.63) is 213 Å². The van der Waals surface area contributed by atoms with Gasteiger partial charge in [0.25, 0.3) is 11.4 Å². The first kappa shape index (κ1) is 42.0. The van der Waals surface area contributed by atoms with Crippen molar-refractivity contribution in [3.63, 3.8) is 0 Å². The first-order valence-electron chi connectivity index (χ1n) is 21.4. The summed E-state index contributed by atoms with van der Waals surface area (Å²) in [7, 11) is 2.15. The maximum absolute atomic E-state index is 9.57. The van der Waals surface area contributed by atoms with Crippen molar-refractivity contribution < 1.29 is 0 Å². The third-order valence-electron chi connectivity index (χ3n) is 12.9. The Morgan fingerprint density at radius 3 is 1.59 bits per heavy atom. The van der Waals surface area contributed by atoms with Crippen LogP contribution in [0.1, 0.15) is 94.4 Å². The van der Waals surface area contributed by atoms with Gasteiger partial charge in [0.1, 0.15) is 0 Å². The molecule has 6 heteroatoms. The molecule has 4 aromatic rings. The number of fused-ring (bicyclic) bond motifs is 6. The summed E-state index contributed by atoms with van der Waals surface area (Å²) >= 11 is 0. The Morgan fingerprint density at radius 2 is 1.10 bits per heavy atom. The van der Waals surface area contributed by atoms with Crippen LogP contribution in [0.3, 0.4) is 0 Å². The SMILES string of the molecule is [C-]#[N+]/C(C#N)=C(\C=C\C1=C2N(C)c3ccccc3C2(C)CCC1)c1ccccc1.[C-]#[N+]/C(C#N)=C(\C=C\C1=C2N(CCCC)c3ccccc3C2(C)CCC1)c1ccccc1. The van der Waals surface area contributed by atoms with E-state index in [2.05, 4.69) is 120 Å². The summed E-state index contributed by atoms with van der Waals surface area (Å²) in [5, 5.41) is 19.0. The summed E-state index contributed by atoms with van der Waals surface area (Å²) in [6, 6.07) is 41.1. The lowest BCUT2D eigenvalue weighted by Gasteiger charge is -2.36. The second-order valence-electron chi connectivity index (χ2n) is 16.6. The molecule has 0 radical (unpaired) electrons. The molecule has 0 saturated carbocycles. The molecule has 0 aromatic heterocycles. The largest absolute Gasteiger partial charge is 0.347 e. The Hall–Kier alpha value is -7.12. The van der Waals surface area contributed by atoms with Crippen LogP contribution < -0.4 is 9.80 Å². The highest BCUT2D eigenvalue weighted by Gasteiger charge is 2.46. The van der Waals surface area contributed by atoms with Crippen LogP contribution in [0, 0.1) is 35.8 Å². The van der Waals surface area contributed by atoms with Crippen molar-refractivity contribution in [2.24, 2.45) is 0 Å². The zero-order valence-corrected chi connectivity index (χ0v) is 35.7. The van der Waals surface area contributed by atoms with E-state index < -0.39 is 0 Å². The van der Waals surface area contributed by atoms with Gasteiger partial charge < -0.3 is 9.80 Å². The molecule has 0 fully saturated rings. The van der Waals surface area contributed by atoms with Gasteiger partial charge in [0.05, 0.1) is 25.3 Å². The van der Waals surface area contributed by atoms with Crippen molar-refractivity contribution in [3.8, 4) is 12.1 Å². The number of benzene rings is 4. The van der Waals surface area contributed by atoms with Gasteiger partial charge in [-0.15, -0.1) is 0 Å². The lowest BCUT2D eigenvalue weighted by Crippen LogP contribution is -2.33. The van der Waals surface area contributed by atoms with E-state index in [9.17, 15) is 10.5 Å². The van der Waals surface area contributed by atoms with Crippen LogP contribution in [-0.2, 0) is 10.8 Å². The van der Waals surface area contributed by atoms with Gasteiger partial charge in [-0.25, -0.2) is 20.2 Å². The number of para-hydroxylation sites is 2. The highest BCUT2D eigenvalue weighted by atomic mass is 15.2. The Labute approximate surface area is 362 Å². The van der Waals surface area contributed by atoms with Crippen LogP contribution in [0.25, 0.3) is 20.8 Å². The average molecular weight is 797 g/mol. The molecule has 2 heterocycles. The summed E-state index contributed by atoms with van der Waals surface area (Å²) in [4.78, 5) is 11.8. The van der Waals surface area contributed by atoms with Gasteiger partial charge in [-0.1, -0.05) is 135 Å². The monoisotopic (exact) mass is 796 g/mol. The molecule has 0 saturated heterocycles. The van der Waals surface area contributed by atoms with Crippen LogP contribution in [0.2, 0.25) is 0 Å². The molecule has 2 atom stereocenters. The lowest BCUT2D eigenvalue weighted by atomic mass is 9.72. The summed E-state index contributed by atoms with van der Waals surface area (Å²) in [5.74, 6) is 0. The molecule has 6 nitrogen and oxygen atoms in total. The average Bonchev–Trinajstić information content (AvgIpc) is 3.70. The van der Waals surface area contributed by atoms with Crippen LogP contribution in [-0.4, -0.2) is 13.6 Å². The minimum atomic E-state index is 0.0107. The van der Waals surface area contributed by atoms with Crippen molar-refractivity contribution >= 4 is 22.5 Å². The number of nitriles is 2. The summed E-state index contributed by atoms with van der Waals surface area (Å²) in [6.45, 7) is 22.9. The molecule has 302 valence electrons. The molecule has 0 spiro atoms. The molecular formula is C55H52N6. The molecule has 2 aliphatic heterocycles. The number of unbranched alkanes of at least 4 members (excludes halogenated alkanes) is 1. The van der Waals surface area contributed by atoms with Gasteiger partial charge in [-0.3, -0.25) is 0 Å². The van der Waals surface area contributed by atoms with Gasteiger partial charge >= 0.3 is 0 Å². The summed E-state index contributed by atoms with van der Waals surface area (Å²) in [6.07, 6.45) is 17.1. The fourth-order valence-corrected chi connectivity index (χ4v) is 10.1. The van der Waals surface area contributed by atoms with Crippen LogP contribution >= 0.6 is 0 Å². The number of rotatable bonds is 9. The molecule has 4 aliphatic rings. The van der Waals surface area contributed by atoms with Gasteiger partial charge in [0, 0.05) is 47.2 Å². The van der Waals surface area contributed by atoms with Gasteiger partial charge in [-0.2, -0.15) is 0 Å². The van der Waals surface area contributed by atoms with E-state index in [-0.39, 0.29) is 22.2 Å². The van der Waals surface area contributed by atoms with Crippen LogP contribution in [0.15, 0.2) is 167 Å². The molecule has 61 heavy (non-hydrogen) atoms. The van der Waals surface area contributed by atoms with Gasteiger partial charge in [0.15, 0.2) is 0 Å². The molecule has 4 aromatic carbocycles. The Bertz CT molecular complexity index is 2630. The van der Waals surface area contributed by atoms with Crippen LogP contribution in [0.4, 0.5) is 11.4 Å². The first-order valence-corrected chi connectivity index (χ1v) is 21.4. The first-order chi connectivity index (χ1) is 29.7. The number of likely N-dealkylation sites (N-methyl/N-ethyl adjacent to an activating group) is 1. The second kappa shape index (κ2) is 18.4. The highest BCUT2D eigenvalue weighted by Crippen LogP contribution is 2.55. The maximum Gasteiger partial charge on any atom is 0.269 e. The zero-order valence-electron chi connectivity index (χ0n) is 35.7. The number of nitrogens with zero attached hydrogens (tertiary/aromatic N) is 6. The summed E-state index contributed by atoms with van der Waals surface area (Å²) < 4.78 is 0. The number of allylic oxidation sites excluding steroid dienone is 12. The zero-order chi connectivity index (χ0) is 43.0. The van der Waals surface area contributed by atoms with E-state index in [4.69, 9.17) is 13.1 Å². The summed E-state index contributed by atoms with van der Waals surface area (Å²) in [5.41, 5.74) is 14.2. The molecule has 0 N–H and O–H groups in total. The molecule has 2 unspecified atom stereocenters. The smallest absolute Gasteiger partial charge is 0.269 e. The van der Waals surface area contributed by atoms with Crippen molar-refractivity contribution in [1.29, 1.82) is 10.5 Å². The minimum Gasteiger partial charge on any atom is -0.347 e. The van der Waals surface area contributed by atoms with E-state index in [0.717, 1.165) is 69.0 Å². The van der Waals surface area contributed by atoms with E-state index in [0.29, 0.717) is 11.1 Å². The molecule has 0 amide bonds. The predicted molar refractivity (Wildman–Crippen MR) is 249 cm³/mol. The van der Waals surface area contributed by atoms with E-state index in [1.165, 1.54) is 45.0 Å². The molecular weight excluding hydrogens is 745 g/mol. The van der Waals surface area contributed by atoms with Crippen molar-refractivity contribution in [1.82, 2.24) is 0 Å². The molecule has 0 bridgehead atoms. The highest BCUT2D eigenvalue weighted by molar-refractivity contribution is 5.83. The van der Waals surface area contributed by atoms with Crippen LogP contribution in [0.5, 0.6) is 0 Å². The fourth-order valence-electron chi connectivity index (χ4n) is 10.1. The number of hydrogen-bond donors (Lipinski definition) is 0. The standard InChI is InChI=1S/C29H29N3.C26H23N3/c1-4-5-20-32-27-16-10-9-15-25(27)29(2)19-11-14-23(28(29)32)17-18-24(26(21-30)31-3)22-12-7-6-8-13-22;1-26-17-9-12-20(25(26)29(3)24-14-8-7-13-22(24)26)15-16-21(23(18-27)28-2)19-10-5-4-6-11-19/h6-10,12-13,15-18H,4-5,11,14,19-20H2,1-2H3;4-8,10-11,13-16H,9,12,17H2,1,3H3/b18-17+,26-24+;16-15+,23-21+. The Kier molecular flexibility index (Phi) is 12.7. The van der Waals surface area contributed by atoms with Gasteiger partial charge in [0.2, 0.25) is 0 Å². The van der Waals surface area contributed by atoms with Crippen molar-refractivity contribution in [2.45, 2.75) is 83.0 Å². The van der Waals surface area contributed by atoms with E-state index >= 15 is 0 Å². The second-order valence-corrected chi connectivity index (χ2v) is 16.6. The third-order valence-corrected chi connectivity index (χ3v) is 12.9. The predicted octanol–water partition coefficient (Wildman–Crippen LogP) is 13.7.